The number of amides is 6. The molecule has 1 aromatic carbocycles. The molecule has 0 aliphatic carbocycles. The molecule has 5 rings (SSSR count). The summed E-state index contributed by atoms with van der Waals surface area (Å²) in [6, 6.07) is 4.34. The van der Waals surface area contributed by atoms with Crippen molar-refractivity contribution < 1.29 is 38.2 Å². The number of fused-ring (bicyclic) bond motifs is 1. The third kappa shape index (κ3) is 8.46. The Hall–Kier alpha value is -5.19. The molecular weight excluding hydrogens is 692 g/mol. The van der Waals surface area contributed by atoms with E-state index in [9.17, 15) is 28.8 Å². The molecule has 4 heterocycles. The number of nitrogens with one attached hydrogen (secondary N) is 4. The standard InChI is InChI=1S/C35H46N8O8S/c1-19(2)27(39-34(48)50-5)31(46)42-15-7-9-23(42)29(44)36-22-13-11-21(12-14-22)25-17-41-18-26(38-33(41)52-25)37-30(45)24-10-8-16-43(24)32(47)28(20(3)4)40-35(49)51-6/h11-14,17-20,23-24,27-28H,7-10,15-16H2,1-6H3,(H,36,44)(H,37,45)(H,39,48)(H,40,49)/t23?,24?,27-,28-/m0/s1. The number of imidazole rings is 1. The first-order valence-corrected chi connectivity index (χ1v) is 18.1. The number of likely N-dealkylation sites (tertiary alicyclic amines) is 2. The van der Waals surface area contributed by atoms with Gasteiger partial charge in [0.1, 0.15) is 24.2 Å². The van der Waals surface area contributed by atoms with Crippen molar-refractivity contribution in [2.45, 2.75) is 77.5 Å². The van der Waals surface area contributed by atoms with Crippen LogP contribution in [0.5, 0.6) is 0 Å². The van der Waals surface area contributed by atoms with Crippen LogP contribution in [0.25, 0.3) is 15.4 Å². The SMILES string of the molecule is COC(=O)N[C@H](C(=O)N1CCCC1C(=O)Nc1ccc(-c2cn3cc(NC(=O)C4CCCN4C(=O)[C@@H](NC(=O)OC)C(C)C)nc3s2)cc1)C(C)C. The Morgan fingerprint density at radius 2 is 1.25 bits per heavy atom. The van der Waals surface area contributed by atoms with E-state index < -0.39 is 36.4 Å². The van der Waals surface area contributed by atoms with Crippen molar-refractivity contribution >= 4 is 63.6 Å². The highest BCUT2D eigenvalue weighted by Crippen LogP contribution is 2.31. The number of hydrogen-bond donors (Lipinski definition) is 4. The zero-order chi connectivity index (χ0) is 37.7. The summed E-state index contributed by atoms with van der Waals surface area (Å²) < 4.78 is 11.2. The van der Waals surface area contributed by atoms with Gasteiger partial charge in [0.05, 0.1) is 25.3 Å². The summed E-state index contributed by atoms with van der Waals surface area (Å²) in [4.78, 5) is 86.1. The zero-order valence-electron chi connectivity index (χ0n) is 30.1. The van der Waals surface area contributed by atoms with Crippen LogP contribution in [0.3, 0.4) is 0 Å². The number of aromatic nitrogens is 2. The lowest BCUT2D eigenvalue weighted by Gasteiger charge is -2.30. The Labute approximate surface area is 305 Å². The molecule has 280 valence electrons. The summed E-state index contributed by atoms with van der Waals surface area (Å²) in [5, 5.41) is 10.9. The van der Waals surface area contributed by atoms with E-state index in [2.05, 4.69) is 35.7 Å². The molecule has 2 aliphatic heterocycles. The normalized spacial score (nSPS) is 18.3. The van der Waals surface area contributed by atoms with Crippen molar-refractivity contribution in [3.63, 3.8) is 0 Å². The second-order valence-electron chi connectivity index (χ2n) is 13.6. The molecule has 2 unspecified atom stereocenters. The first kappa shape index (κ1) is 38.1. The van der Waals surface area contributed by atoms with E-state index in [0.717, 1.165) is 10.4 Å². The van der Waals surface area contributed by atoms with E-state index in [-0.39, 0.29) is 35.5 Å². The van der Waals surface area contributed by atoms with Crippen molar-refractivity contribution in [3.8, 4) is 10.4 Å². The van der Waals surface area contributed by atoms with E-state index in [1.807, 2.05) is 50.4 Å². The molecule has 2 fully saturated rings. The van der Waals surface area contributed by atoms with Gasteiger partial charge in [-0.25, -0.2) is 14.6 Å². The molecule has 2 aromatic heterocycles. The Morgan fingerprint density at radius 1 is 0.750 bits per heavy atom. The number of carbonyl (C=O) groups is 6. The second kappa shape index (κ2) is 16.4. The molecule has 2 saturated heterocycles. The summed E-state index contributed by atoms with van der Waals surface area (Å²) >= 11 is 1.42. The van der Waals surface area contributed by atoms with E-state index in [1.54, 1.807) is 18.3 Å². The van der Waals surface area contributed by atoms with Crippen molar-refractivity contribution in [2.24, 2.45) is 11.8 Å². The van der Waals surface area contributed by atoms with Crippen molar-refractivity contribution in [3.05, 3.63) is 36.7 Å². The van der Waals surface area contributed by atoms with Crippen molar-refractivity contribution in [1.29, 1.82) is 0 Å². The highest BCUT2D eigenvalue weighted by Gasteiger charge is 2.40. The van der Waals surface area contributed by atoms with Gasteiger partial charge in [0.25, 0.3) is 0 Å². The first-order valence-electron chi connectivity index (χ1n) is 17.3. The molecule has 6 amide bonds. The van der Waals surface area contributed by atoms with E-state index in [1.165, 1.54) is 35.4 Å². The largest absolute Gasteiger partial charge is 0.453 e. The number of rotatable bonds is 11. The summed E-state index contributed by atoms with van der Waals surface area (Å²) in [6.07, 6.45) is 4.53. The topological polar surface area (TPSA) is 193 Å². The van der Waals surface area contributed by atoms with Gasteiger partial charge in [0, 0.05) is 25.0 Å². The molecule has 2 aliphatic rings. The van der Waals surface area contributed by atoms with Crippen LogP contribution in [-0.4, -0.2) is 106 Å². The number of benzene rings is 1. The van der Waals surface area contributed by atoms with Gasteiger partial charge in [-0.05, 0) is 55.2 Å². The molecular formula is C35H46N8O8S. The van der Waals surface area contributed by atoms with Gasteiger partial charge >= 0.3 is 12.2 Å². The maximum absolute atomic E-state index is 13.3. The average Bonchev–Trinajstić information content (AvgIpc) is 3.93. The minimum Gasteiger partial charge on any atom is -0.453 e. The van der Waals surface area contributed by atoms with Crippen LogP contribution >= 0.6 is 11.3 Å². The van der Waals surface area contributed by atoms with Crippen molar-refractivity contribution in [2.75, 3.05) is 37.9 Å². The van der Waals surface area contributed by atoms with E-state index >= 15 is 0 Å². The Balaban J connectivity index is 1.19. The molecule has 0 bridgehead atoms. The summed E-state index contributed by atoms with van der Waals surface area (Å²) in [6.45, 7) is 8.09. The third-order valence-electron chi connectivity index (χ3n) is 9.30. The Morgan fingerprint density at radius 3 is 1.71 bits per heavy atom. The van der Waals surface area contributed by atoms with Crippen LogP contribution in [0.1, 0.15) is 53.4 Å². The molecule has 0 saturated carbocycles. The third-order valence-corrected chi connectivity index (χ3v) is 10.3. The van der Waals surface area contributed by atoms with Crippen LogP contribution in [0.4, 0.5) is 21.1 Å². The molecule has 0 spiro atoms. The lowest BCUT2D eigenvalue weighted by Crippen LogP contribution is -2.54. The smallest absolute Gasteiger partial charge is 0.407 e. The molecule has 4 N–H and O–H groups in total. The van der Waals surface area contributed by atoms with Gasteiger partial charge in [-0.1, -0.05) is 51.2 Å². The molecule has 3 aromatic rings. The lowest BCUT2D eigenvalue weighted by atomic mass is 10.0. The van der Waals surface area contributed by atoms with Crippen LogP contribution in [-0.2, 0) is 28.7 Å². The van der Waals surface area contributed by atoms with Crippen LogP contribution < -0.4 is 21.3 Å². The number of ether oxygens (including phenoxy) is 2. The zero-order valence-corrected chi connectivity index (χ0v) is 31.0. The van der Waals surface area contributed by atoms with Gasteiger partial charge in [0.15, 0.2) is 10.8 Å². The summed E-state index contributed by atoms with van der Waals surface area (Å²) in [7, 11) is 2.47. The van der Waals surface area contributed by atoms with Gasteiger partial charge < -0.3 is 40.5 Å². The van der Waals surface area contributed by atoms with E-state index in [0.29, 0.717) is 55.2 Å². The van der Waals surface area contributed by atoms with Crippen LogP contribution in [0.2, 0.25) is 0 Å². The molecule has 52 heavy (non-hydrogen) atoms. The van der Waals surface area contributed by atoms with Gasteiger partial charge in [-0.3, -0.25) is 23.6 Å². The Kier molecular flexibility index (Phi) is 12.0. The maximum Gasteiger partial charge on any atom is 0.407 e. The fourth-order valence-electron chi connectivity index (χ4n) is 6.50. The number of alkyl carbamates (subject to hydrolysis) is 2. The molecule has 0 radical (unpaired) electrons. The summed E-state index contributed by atoms with van der Waals surface area (Å²) in [5.74, 6) is -1.35. The predicted molar refractivity (Wildman–Crippen MR) is 194 cm³/mol. The van der Waals surface area contributed by atoms with E-state index in [4.69, 9.17) is 0 Å². The molecule has 4 atom stereocenters. The molecule has 16 nitrogen and oxygen atoms in total. The second-order valence-corrected chi connectivity index (χ2v) is 14.6. The maximum atomic E-state index is 13.3. The predicted octanol–water partition coefficient (Wildman–Crippen LogP) is 3.68. The fraction of sp³-hybridized carbons (Fsp3) is 0.514. The number of anilines is 2. The number of thiazole rings is 1. The highest BCUT2D eigenvalue weighted by molar-refractivity contribution is 7.20. The monoisotopic (exact) mass is 738 g/mol. The lowest BCUT2D eigenvalue weighted by molar-refractivity contribution is -0.139. The van der Waals surface area contributed by atoms with Gasteiger partial charge in [0.2, 0.25) is 23.6 Å². The Bertz CT molecular complexity index is 1770. The number of carbonyl (C=O) groups excluding carboxylic acids is 6. The van der Waals surface area contributed by atoms with Crippen LogP contribution in [0, 0.1) is 11.8 Å². The van der Waals surface area contributed by atoms with Gasteiger partial charge in [-0.2, -0.15) is 0 Å². The minimum atomic E-state index is -0.822. The molecule has 17 heteroatoms. The summed E-state index contributed by atoms with van der Waals surface area (Å²) in [5.41, 5.74) is 1.47. The fourth-order valence-corrected chi connectivity index (χ4v) is 7.48. The quantitative estimate of drug-likeness (QED) is 0.227. The van der Waals surface area contributed by atoms with Gasteiger partial charge in [-0.15, -0.1) is 0 Å². The highest BCUT2D eigenvalue weighted by atomic mass is 32.1. The number of methoxy groups -OCH3 is 2. The minimum absolute atomic E-state index is 0.198. The van der Waals surface area contributed by atoms with Crippen molar-refractivity contribution in [1.82, 2.24) is 29.8 Å². The number of hydrogen-bond acceptors (Lipinski definition) is 10. The number of nitrogens with zero attached hydrogens (tertiary/aromatic N) is 4. The van der Waals surface area contributed by atoms with Crippen LogP contribution in [0.15, 0.2) is 36.7 Å². The average molecular weight is 739 g/mol. The first-order chi connectivity index (χ1) is 24.8.